The summed E-state index contributed by atoms with van der Waals surface area (Å²) >= 11 is 5.77. The molecule has 2 rings (SSSR count). The smallest absolute Gasteiger partial charge is 0.326 e. The van der Waals surface area contributed by atoms with E-state index in [4.69, 9.17) is 5.73 Å². The zero-order chi connectivity index (χ0) is 47.6. The molecule has 0 aromatic heterocycles. The summed E-state index contributed by atoms with van der Waals surface area (Å²) in [6, 6.07) is 7.55. The molecular formula is C44H67N7O9S4. The van der Waals surface area contributed by atoms with Gasteiger partial charge in [-0.05, 0) is 116 Å². The molecular weight excluding hydrogens is 899 g/mol. The van der Waals surface area contributed by atoms with Crippen LogP contribution in [0, 0.1) is 5.92 Å². The van der Waals surface area contributed by atoms with Crippen LogP contribution in [0.15, 0.2) is 54.6 Å². The van der Waals surface area contributed by atoms with Crippen molar-refractivity contribution in [3.05, 3.63) is 65.7 Å². The van der Waals surface area contributed by atoms with E-state index in [2.05, 4.69) is 31.9 Å². The van der Waals surface area contributed by atoms with Crippen LogP contribution in [0.1, 0.15) is 57.1 Å². The fourth-order valence-electron chi connectivity index (χ4n) is 6.39. The van der Waals surface area contributed by atoms with Crippen molar-refractivity contribution in [2.24, 2.45) is 11.7 Å². The number of hydrogen-bond acceptors (Lipinski definition) is 13. The van der Waals surface area contributed by atoms with Crippen LogP contribution in [0.5, 0.6) is 5.75 Å². The van der Waals surface area contributed by atoms with E-state index >= 15 is 0 Å². The van der Waals surface area contributed by atoms with Crippen LogP contribution in [-0.4, -0.2) is 142 Å². The highest BCUT2D eigenvalue weighted by atomic mass is 32.2. The molecule has 20 heteroatoms. The maximum Gasteiger partial charge on any atom is 0.326 e. The van der Waals surface area contributed by atoms with Crippen molar-refractivity contribution < 1.29 is 43.8 Å². The van der Waals surface area contributed by atoms with Crippen molar-refractivity contribution in [3.8, 4) is 5.75 Å². The molecule has 0 heterocycles. The highest BCUT2D eigenvalue weighted by Crippen LogP contribution is 2.14. The number of rotatable bonds is 31. The molecule has 0 fully saturated rings. The minimum Gasteiger partial charge on any atom is -0.508 e. The van der Waals surface area contributed by atoms with Gasteiger partial charge in [-0.3, -0.25) is 28.8 Å². The van der Waals surface area contributed by atoms with Gasteiger partial charge in [0.1, 0.15) is 42.0 Å². The summed E-state index contributed by atoms with van der Waals surface area (Å²) < 4.78 is 0. The van der Waals surface area contributed by atoms with Crippen LogP contribution in [0.2, 0.25) is 0 Å². The van der Waals surface area contributed by atoms with Gasteiger partial charge in [0.15, 0.2) is 0 Å². The normalized spacial score (nSPS) is 14.4. The number of carbonyl (C=O) groups is 7. The van der Waals surface area contributed by atoms with Gasteiger partial charge < -0.3 is 47.8 Å². The van der Waals surface area contributed by atoms with E-state index in [1.54, 1.807) is 12.1 Å². The molecule has 0 bridgehead atoms. The average molecular weight is 966 g/mol. The molecule has 2 aromatic rings. The number of thioether (sulfide) groups is 4. The molecule has 0 radical (unpaired) electrons. The van der Waals surface area contributed by atoms with E-state index in [-0.39, 0.29) is 56.6 Å². The molecule has 7 atom stereocenters. The minimum absolute atomic E-state index is 0.00644. The fraction of sp³-hybridized carbons (Fsp3) is 0.568. The second kappa shape index (κ2) is 30.9. The molecule has 2 aromatic carbocycles. The lowest BCUT2D eigenvalue weighted by atomic mass is 10.0. The Balaban J connectivity index is 2.37. The lowest BCUT2D eigenvalue weighted by Gasteiger charge is -2.28. The quantitative estimate of drug-likeness (QED) is 0.0527. The summed E-state index contributed by atoms with van der Waals surface area (Å²) in [5.41, 5.74) is 7.67. The first kappa shape index (κ1) is 56.0. The fourth-order valence-corrected chi connectivity index (χ4v) is 8.27. The third-order valence-corrected chi connectivity index (χ3v) is 12.5. The standard InChI is InChI=1S/C44H67N7O9S4/c1-27(2)24-36(50-38(53)31(45)25-28-10-8-7-9-11-28)42(57)47-32(16-20-61-3)39(54)46-34(18-22-63-5)41(56)51-37(26-29-12-14-30(52)15-13-29)43(58)48-33(17-21-62-4)40(55)49-35(44(59)60)19-23-64-6/h7-15,27,31-37,52H,16-26,45H2,1-6H3,(H,46,54)(H,47,57)(H,48,58)(H,49,55)(H,50,53)(H,51,56)(H,59,60)/t31-,32-,33-,34-,35-,36-,37-/m0/s1. The molecule has 0 saturated heterocycles. The van der Waals surface area contributed by atoms with Gasteiger partial charge in [0.2, 0.25) is 35.4 Å². The first-order valence-electron chi connectivity index (χ1n) is 21.1. The molecule has 10 N–H and O–H groups in total. The highest BCUT2D eigenvalue weighted by Gasteiger charge is 2.34. The maximum atomic E-state index is 14.2. The van der Waals surface area contributed by atoms with Crippen LogP contribution < -0.4 is 37.6 Å². The molecule has 0 unspecified atom stereocenters. The first-order valence-corrected chi connectivity index (χ1v) is 26.7. The molecule has 0 aliphatic heterocycles. The summed E-state index contributed by atoms with van der Waals surface area (Å²) in [5, 5.41) is 36.1. The second-order valence-corrected chi connectivity index (χ2v) is 19.6. The number of phenolic OH excluding ortho intramolecular Hbond substituents is 1. The summed E-state index contributed by atoms with van der Waals surface area (Å²) in [4.78, 5) is 94.9. The Morgan fingerprint density at radius 1 is 0.500 bits per heavy atom. The Bertz CT molecular complexity index is 1780. The van der Waals surface area contributed by atoms with E-state index in [1.165, 1.54) is 59.2 Å². The van der Waals surface area contributed by atoms with Crippen molar-refractivity contribution in [2.45, 2.75) is 101 Å². The predicted octanol–water partition coefficient (Wildman–Crippen LogP) is 2.56. The van der Waals surface area contributed by atoms with Gasteiger partial charge in [-0.2, -0.15) is 47.0 Å². The number of hydrogen-bond donors (Lipinski definition) is 9. The van der Waals surface area contributed by atoms with Crippen LogP contribution in [-0.2, 0) is 46.4 Å². The Hall–Kier alpha value is -4.11. The van der Waals surface area contributed by atoms with Gasteiger partial charge in [-0.25, -0.2) is 4.79 Å². The Morgan fingerprint density at radius 3 is 1.28 bits per heavy atom. The average Bonchev–Trinajstić information content (AvgIpc) is 3.26. The number of carbonyl (C=O) groups excluding carboxylic acids is 6. The number of carboxylic acids is 1. The van der Waals surface area contributed by atoms with Gasteiger partial charge in [-0.15, -0.1) is 0 Å². The third kappa shape index (κ3) is 21.3. The van der Waals surface area contributed by atoms with Crippen molar-refractivity contribution in [1.82, 2.24) is 31.9 Å². The molecule has 0 saturated carbocycles. The Morgan fingerprint density at radius 2 is 0.859 bits per heavy atom. The number of benzene rings is 2. The summed E-state index contributed by atoms with van der Waals surface area (Å²) in [5.74, 6) is -3.18. The van der Waals surface area contributed by atoms with Crippen LogP contribution >= 0.6 is 47.0 Å². The summed E-state index contributed by atoms with van der Waals surface area (Å²) in [6.45, 7) is 3.81. The van der Waals surface area contributed by atoms with Gasteiger partial charge in [0, 0.05) is 6.42 Å². The number of nitrogens with two attached hydrogens (primary N) is 1. The lowest BCUT2D eigenvalue weighted by molar-refractivity contribution is -0.142. The second-order valence-electron chi connectivity index (χ2n) is 15.6. The topological polar surface area (TPSA) is 258 Å². The zero-order valence-corrected chi connectivity index (χ0v) is 40.8. The summed E-state index contributed by atoms with van der Waals surface area (Å²) in [6.07, 6.45) is 8.52. The van der Waals surface area contributed by atoms with Crippen molar-refractivity contribution >= 4 is 88.5 Å². The predicted molar refractivity (Wildman–Crippen MR) is 261 cm³/mol. The zero-order valence-electron chi connectivity index (χ0n) is 37.6. The third-order valence-electron chi connectivity index (χ3n) is 9.94. The Kier molecular flexibility index (Phi) is 27.1. The largest absolute Gasteiger partial charge is 0.508 e. The number of nitrogens with one attached hydrogen (secondary N) is 6. The molecule has 64 heavy (non-hydrogen) atoms. The van der Waals surface area contributed by atoms with Crippen molar-refractivity contribution in [3.63, 3.8) is 0 Å². The van der Waals surface area contributed by atoms with Crippen LogP contribution in [0.25, 0.3) is 0 Å². The minimum atomic E-state index is -1.28. The number of aliphatic carboxylic acids is 1. The molecule has 0 spiro atoms. The van der Waals surface area contributed by atoms with E-state index in [0.717, 1.165) is 5.56 Å². The van der Waals surface area contributed by atoms with Gasteiger partial charge >= 0.3 is 5.97 Å². The summed E-state index contributed by atoms with van der Waals surface area (Å²) in [7, 11) is 0. The molecule has 356 valence electrons. The van der Waals surface area contributed by atoms with E-state index in [0.29, 0.717) is 28.6 Å². The van der Waals surface area contributed by atoms with Gasteiger partial charge in [-0.1, -0.05) is 56.3 Å². The number of aromatic hydroxyl groups is 1. The maximum absolute atomic E-state index is 14.2. The van der Waals surface area contributed by atoms with Crippen LogP contribution in [0.3, 0.4) is 0 Å². The van der Waals surface area contributed by atoms with E-state index in [9.17, 15) is 43.8 Å². The molecule has 0 aliphatic rings. The lowest BCUT2D eigenvalue weighted by Crippen LogP contribution is -2.60. The number of amides is 6. The number of phenols is 1. The van der Waals surface area contributed by atoms with Gasteiger partial charge in [0.25, 0.3) is 0 Å². The van der Waals surface area contributed by atoms with Crippen molar-refractivity contribution in [1.29, 1.82) is 0 Å². The SMILES string of the molecule is CSCC[C@H](NC(=O)[C@H](CCSC)NC(=O)[C@H](Cc1ccc(O)cc1)NC(=O)[C@H](CCSC)NC(=O)[C@H](CCSC)NC(=O)[C@H](CC(C)C)NC(=O)[C@@H](N)Cc1ccccc1)C(=O)O. The Labute approximate surface area is 394 Å². The molecule has 0 aliphatic carbocycles. The van der Waals surface area contributed by atoms with Gasteiger partial charge in [0.05, 0.1) is 6.04 Å². The van der Waals surface area contributed by atoms with Crippen LogP contribution in [0.4, 0.5) is 0 Å². The highest BCUT2D eigenvalue weighted by molar-refractivity contribution is 7.99. The monoisotopic (exact) mass is 965 g/mol. The van der Waals surface area contributed by atoms with Crippen molar-refractivity contribution in [2.75, 3.05) is 48.0 Å². The molecule has 6 amide bonds. The van der Waals surface area contributed by atoms with E-state index in [1.807, 2.05) is 69.2 Å². The van der Waals surface area contributed by atoms with E-state index < -0.39 is 83.7 Å². The molecule has 16 nitrogen and oxygen atoms in total. The first-order chi connectivity index (χ1) is 30.5. The number of carboxylic acid groups (broad SMARTS) is 1.